The van der Waals surface area contributed by atoms with Gasteiger partial charge >= 0.3 is 5.97 Å². The second-order valence-corrected chi connectivity index (χ2v) is 5.90. The average Bonchev–Trinajstić information content (AvgIpc) is 3.06. The summed E-state index contributed by atoms with van der Waals surface area (Å²) in [6.07, 6.45) is 0.912. The molecule has 2 aromatic rings. The lowest BCUT2D eigenvalue weighted by Crippen LogP contribution is -2.30. The molecule has 1 heterocycles. The number of ether oxygens (including phenoxy) is 2. The zero-order chi connectivity index (χ0) is 16.5. The van der Waals surface area contributed by atoms with Crippen LogP contribution in [0.3, 0.4) is 0 Å². The summed E-state index contributed by atoms with van der Waals surface area (Å²) >= 11 is 1.49. The molecule has 0 aliphatic rings. The van der Waals surface area contributed by atoms with Gasteiger partial charge in [-0.25, -0.2) is 0 Å². The first-order valence-electron chi connectivity index (χ1n) is 7.25. The summed E-state index contributed by atoms with van der Waals surface area (Å²) in [7, 11) is 1.62. The Balaban J connectivity index is 1.61. The van der Waals surface area contributed by atoms with Crippen molar-refractivity contribution in [3.8, 4) is 5.75 Å². The van der Waals surface area contributed by atoms with E-state index >= 15 is 0 Å². The third-order valence-electron chi connectivity index (χ3n) is 3.16. The summed E-state index contributed by atoms with van der Waals surface area (Å²) in [5.41, 5.74) is 1.10. The standard InChI is InChI=1S/C17H19NO4S/c1-21-14-6-4-13(5-7-14)8-9-18-16(19)12-22-17(20)11-15-3-2-10-23-15/h2-7,10H,8-9,11-12H2,1H3,(H,18,19). The van der Waals surface area contributed by atoms with Crippen molar-refractivity contribution < 1.29 is 19.1 Å². The molecule has 0 saturated carbocycles. The third kappa shape index (κ3) is 6.12. The highest BCUT2D eigenvalue weighted by atomic mass is 32.1. The number of hydrogen-bond acceptors (Lipinski definition) is 5. The van der Waals surface area contributed by atoms with Crippen molar-refractivity contribution in [2.45, 2.75) is 12.8 Å². The monoisotopic (exact) mass is 333 g/mol. The average molecular weight is 333 g/mol. The fourth-order valence-corrected chi connectivity index (χ4v) is 2.63. The Bertz CT molecular complexity index is 623. The van der Waals surface area contributed by atoms with Gasteiger partial charge in [0.1, 0.15) is 5.75 Å². The Morgan fingerprint density at radius 3 is 2.61 bits per heavy atom. The van der Waals surface area contributed by atoms with Crippen molar-refractivity contribution in [1.82, 2.24) is 5.32 Å². The molecule has 122 valence electrons. The SMILES string of the molecule is COc1ccc(CCNC(=O)COC(=O)Cc2cccs2)cc1. The highest BCUT2D eigenvalue weighted by Gasteiger charge is 2.08. The van der Waals surface area contributed by atoms with Crippen LogP contribution in [-0.2, 0) is 27.2 Å². The lowest BCUT2D eigenvalue weighted by Gasteiger charge is -2.07. The van der Waals surface area contributed by atoms with E-state index in [4.69, 9.17) is 9.47 Å². The van der Waals surface area contributed by atoms with E-state index in [-0.39, 0.29) is 18.9 Å². The van der Waals surface area contributed by atoms with Crippen molar-refractivity contribution in [2.24, 2.45) is 0 Å². The number of amides is 1. The van der Waals surface area contributed by atoms with Crippen molar-refractivity contribution >= 4 is 23.2 Å². The van der Waals surface area contributed by atoms with Gasteiger partial charge in [-0.1, -0.05) is 18.2 Å². The van der Waals surface area contributed by atoms with E-state index in [1.165, 1.54) is 11.3 Å². The quantitative estimate of drug-likeness (QED) is 0.752. The number of carbonyl (C=O) groups excluding carboxylic acids is 2. The third-order valence-corrected chi connectivity index (χ3v) is 4.03. The number of hydrogen-bond donors (Lipinski definition) is 1. The number of thiophene rings is 1. The molecule has 0 aliphatic carbocycles. The summed E-state index contributed by atoms with van der Waals surface area (Å²) < 4.78 is 10.0. The van der Waals surface area contributed by atoms with Crippen LogP contribution in [0.1, 0.15) is 10.4 Å². The second-order valence-electron chi connectivity index (χ2n) is 4.86. The maximum atomic E-state index is 11.6. The Morgan fingerprint density at radius 2 is 1.96 bits per heavy atom. The van der Waals surface area contributed by atoms with Gasteiger partial charge in [-0.15, -0.1) is 11.3 Å². The summed E-state index contributed by atoms with van der Waals surface area (Å²) in [6, 6.07) is 11.4. The number of nitrogens with one attached hydrogen (secondary N) is 1. The normalized spacial score (nSPS) is 10.1. The minimum atomic E-state index is -0.391. The zero-order valence-electron chi connectivity index (χ0n) is 12.9. The first kappa shape index (κ1) is 17.0. The lowest BCUT2D eigenvalue weighted by atomic mass is 10.1. The van der Waals surface area contributed by atoms with Crippen LogP contribution in [0.15, 0.2) is 41.8 Å². The Kier molecular flexibility index (Phi) is 6.62. The van der Waals surface area contributed by atoms with Gasteiger partial charge in [0.25, 0.3) is 5.91 Å². The predicted molar refractivity (Wildman–Crippen MR) is 88.7 cm³/mol. The minimum absolute atomic E-state index is 0.205. The van der Waals surface area contributed by atoms with Crippen molar-refractivity contribution in [1.29, 1.82) is 0 Å². The summed E-state index contributed by atoms with van der Waals surface area (Å²) in [6.45, 7) is 0.250. The van der Waals surface area contributed by atoms with E-state index in [1.54, 1.807) is 7.11 Å². The molecule has 5 nitrogen and oxygen atoms in total. The highest BCUT2D eigenvalue weighted by molar-refractivity contribution is 7.10. The number of rotatable bonds is 8. The van der Waals surface area contributed by atoms with Gasteiger partial charge in [0, 0.05) is 11.4 Å². The molecule has 1 N–H and O–H groups in total. The maximum Gasteiger partial charge on any atom is 0.311 e. The summed E-state index contributed by atoms with van der Waals surface area (Å²) in [4.78, 5) is 24.1. The molecular weight excluding hydrogens is 314 g/mol. The predicted octanol–water partition coefficient (Wildman–Crippen LogP) is 2.20. The van der Waals surface area contributed by atoms with Crippen LogP contribution >= 0.6 is 11.3 Å². The molecule has 0 saturated heterocycles. The number of esters is 1. The van der Waals surface area contributed by atoms with E-state index in [9.17, 15) is 9.59 Å². The van der Waals surface area contributed by atoms with E-state index in [0.29, 0.717) is 13.0 Å². The molecule has 0 bridgehead atoms. The first-order valence-corrected chi connectivity index (χ1v) is 8.13. The van der Waals surface area contributed by atoms with Gasteiger partial charge in [-0.2, -0.15) is 0 Å². The van der Waals surface area contributed by atoms with Gasteiger partial charge in [-0.05, 0) is 35.6 Å². The van der Waals surface area contributed by atoms with Gasteiger partial charge in [0.2, 0.25) is 0 Å². The van der Waals surface area contributed by atoms with Gasteiger partial charge < -0.3 is 14.8 Å². The van der Waals surface area contributed by atoms with E-state index in [0.717, 1.165) is 16.2 Å². The topological polar surface area (TPSA) is 64.6 Å². The Morgan fingerprint density at radius 1 is 1.17 bits per heavy atom. The summed E-state index contributed by atoms with van der Waals surface area (Å²) in [5, 5.41) is 4.63. The smallest absolute Gasteiger partial charge is 0.311 e. The largest absolute Gasteiger partial charge is 0.497 e. The van der Waals surface area contributed by atoms with Crippen LogP contribution < -0.4 is 10.1 Å². The fraction of sp³-hybridized carbons (Fsp3) is 0.294. The van der Waals surface area contributed by atoms with Gasteiger partial charge in [0.15, 0.2) is 6.61 Å². The van der Waals surface area contributed by atoms with Crippen LogP contribution in [0.5, 0.6) is 5.75 Å². The molecule has 6 heteroatoms. The van der Waals surface area contributed by atoms with Crippen LogP contribution in [0, 0.1) is 0 Å². The molecular formula is C17H19NO4S. The van der Waals surface area contributed by atoms with Crippen molar-refractivity contribution in [3.05, 3.63) is 52.2 Å². The number of methoxy groups -OCH3 is 1. The van der Waals surface area contributed by atoms with Gasteiger partial charge in [0.05, 0.1) is 13.5 Å². The van der Waals surface area contributed by atoms with E-state index in [1.807, 2.05) is 41.8 Å². The van der Waals surface area contributed by atoms with E-state index in [2.05, 4.69) is 5.32 Å². The van der Waals surface area contributed by atoms with Crippen LogP contribution in [0.4, 0.5) is 0 Å². The first-order chi connectivity index (χ1) is 11.2. The molecule has 0 fully saturated rings. The van der Waals surface area contributed by atoms with Crippen LogP contribution in [0.2, 0.25) is 0 Å². The number of carbonyl (C=O) groups is 2. The fourth-order valence-electron chi connectivity index (χ4n) is 1.94. The second kappa shape index (κ2) is 8.95. The lowest BCUT2D eigenvalue weighted by molar-refractivity contribution is -0.147. The molecule has 0 atom stereocenters. The Labute approximate surface area is 139 Å². The molecule has 0 aliphatic heterocycles. The summed E-state index contributed by atoms with van der Waals surface area (Å²) in [5.74, 6) is 0.117. The minimum Gasteiger partial charge on any atom is -0.497 e. The molecule has 1 aromatic carbocycles. The van der Waals surface area contributed by atoms with Crippen molar-refractivity contribution in [3.63, 3.8) is 0 Å². The molecule has 0 radical (unpaired) electrons. The van der Waals surface area contributed by atoms with Crippen molar-refractivity contribution in [2.75, 3.05) is 20.3 Å². The molecule has 0 spiro atoms. The molecule has 23 heavy (non-hydrogen) atoms. The van der Waals surface area contributed by atoms with Gasteiger partial charge in [-0.3, -0.25) is 9.59 Å². The molecule has 2 rings (SSSR count). The number of benzene rings is 1. The maximum absolute atomic E-state index is 11.6. The molecule has 1 amide bonds. The highest BCUT2D eigenvalue weighted by Crippen LogP contribution is 2.11. The molecule has 1 aromatic heterocycles. The van der Waals surface area contributed by atoms with E-state index < -0.39 is 5.97 Å². The molecule has 0 unspecified atom stereocenters. The zero-order valence-corrected chi connectivity index (χ0v) is 13.7. The van der Waals surface area contributed by atoms with Crippen LogP contribution in [-0.4, -0.2) is 32.1 Å². The van der Waals surface area contributed by atoms with Crippen LogP contribution in [0.25, 0.3) is 0 Å². The Hall–Kier alpha value is -2.34.